The van der Waals surface area contributed by atoms with Gasteiger partial charge in [0.2, 0.25) is 0 Å². The van der Waals surface area contributed by atoms with Crippen molar-refractivity contribution in [3.05, 3.63) is 0 Å². The third-order valence-corrected chi connectivity index (χ3v) is 4.31. The lowest BCUT2D eigenvalue weighted by atomic mass is 9.64. The maximum Gasteiger partial charge on any atom is 0.161 e. The van der Waals surface area contributed by atoms with Gasteiger partial charge >= 0.3 is 0 Å². The van der Waals surface area contributed by atoms with Crippen molar-refractivity contribution in [1.82, 2.24) is 0 Å². The molecule has 2 heteroatoms. The molecule has 4 fully saturated rings. The summed E-state index contributed by atoms with van der Waals surface area (Å²) in [6.07, 6.45) is 7.59. The van der Waals surface area contributed by atoms with Crippen LogP contribution in [0.3, 0.4) is 0 Å². The number of hydrogen-bond donors (Lipinski definition) is 0. The van der Waals surface area contributed by atoms with E-state index in [1.54, 1.807) is 0 Å². The summed E-state index contributed by atoms with van der Waals surface area (Å²) in [4.78, 5) is 0. The highest BCUT2D eigenvalue weighted by atomic mass is 16.7. The Hall–Kier alpha value is -0.0800. The lowest BCUT2D eigenvalue weighted by Gasteiger charge is -2.44. The molecule has 2 bridgehead atoms. The molecule has 3 atom stereocenters. The highest BCUT2D eigenvalue weighted by Crippen LogP contribution is 2.47. The second-order valence-corrected chi connectivity index (χ2v) is 5.33. The molecule has 0 radical (unpaired) electrons. The molecule has 4 rings (SSSR count). The average molecular weight is 196 g/mol. The summed E-state index contributed by atoms with van der Waals surface area (Å²) >= 11 is 0. The summed E-state index contributed by atoms with van der Waals surface area (Å²) in [7, 11) is 0. The second-order valence-electron chi connectivity index (χ2n) is 5.33. The topological polar surface area (TPSA) is 18.5 Å². The first-order valence-electron chi connectivity index (χ1n) is 6.10. The molecule has 0 aromatic rings. The molecule has 1 saturated heterocycles. The van der Waals surface area contributed by atoms with Crippen LogP contribution in [0.5, 0.6) is 0 Å². The van der Waals surface area contributed by atoms with Crippen molar-refractivity contribution in [2.45, 2.75) is 51.4 Å². The number of fused-ring (bicyclic) bond motifs is 3. The summed E-state index contributed by atoms with van der Waals surface area (Å²) in [5, 5.41) is 0. The Morgan fingerprint density at radius 3 is 2.36 bits per heavy atom. The van der Waals surface area contributed by atoms with Crippen LogP contribution < -0.4 is 0 Å². The van der Waals surface area contributed by atoms with Gasteiger partial charge in [-0.1, -0.05) is 12.8 Å². The van der Waals surface area contributed by atoms with Crippen LogP contribution >= 0.6 is 0 Å². The lowest BCUT2D eigenvalue weighted by Crippen LogP contribution is -2.38. The van der Waals surface area contributed by atoms with Gasteiger partial charge in [-0.05, 0) is 38.0 Å². The predicted octanol–water partition coefficient (Wildman–Crippen LogP) is 2.57. The molecular formula is C12H20O2. The molecule has 14 heavy (non-hydrogen) atoms. The van der Waals surface area contributed by atoms with Crippen LogP contribution in [0.4, 0.5) is 0 Å². The maximum absolute atomic E-state index is 5.83. The minimum Gasteiger partial charge on any atom is -0.350 e. The molecular weight excluding hydrogens is 176 g/mol. The molecule has 3 aliphatic carbocycles. The maximum atomic E-state index is 5.83. The molecule has 0 aromatic carbocycles. The largest absolute Gasteiger partial charge is 0.350 e. The number of ether oxygens (including phenoxy) is 2. The molecule has 3 saturated carbocycles. The normalized spacial score (nSPS) is 52.5. The van der Waals surface area contributed by atoms with E-state index in [1.165, 1.54) is 32.1 Å². The van der Waals surface area contributed by atoms with Gasteiger partial charge in [-0.25, -0.2) is 0 Å². The second kappa shape index (κ2) is 3.49. The van der Waals surface area contributed by atoms with Crippen molar-refractivity contribution in [2.24, 2.45) is 17.8 Å². The zero-order valence-electron chi connectivity index (χ0n) is 8.95. The SMILES string of the molecule is CC1COC(C2CC3CCC2CC3)O1. The highest BCUT2D eigenvalue weighted by molar-refractivity contribution is 4.89. The van der Waals surface area contributed by atoms with E-state index >= 15 is 0 Å². The van der Waals surface area contributed by atoms with Crippen LogP contribution in [0.2, 0.25) is 0 Å². The predicted molar refractivity (Wildman–Crippen MR) is 53.8 cm³/mol. The average Bonchev–Trinajstić information content (AvgIpc) is 2.66. The van der Waals surface area contributed by atoms with Crippen molar-refractivity contribution >= 4 is 0 Å². The van der Waals surface area contributed by atoms with Gasteiger partial charge in [0.25, 0.3) is 0 Å². The van der Waals surface area contributed by atoms with Gasteiger partial charge in [-0.3, -0.25) is 0 Å². The standard InChI is InChI=1S/C12H20O2/c1-8-7-13-12(14-8)11-6-9-2-4-10(11)5-3-9/h8-12H,2-7H2,1H3. The van der Waals surface area contributed by atoms with E-state index < -0.39 is 0 Å². The first-order chi connectivity index (χ1) is 6.83. The van der Waals surface area contributed by atoms with Gasteiger partial charge < -0.3 is 9.47 Å². The van der Waals surface area contributed by atoms with E-state index in [1.807, 2.05) is 0 Å². The van der Waals surface area contributed by atoms with Gasteiger partial charge in [0.05, 0.1) is 12.7 Å². The zero-order valence-corrected chi connectivity index (χ0v) is 8.95. The summed E-state index contributed by atoms with van der Waals surface area (Å²) in [5.74, 6) is 2.59. The van der Waals surface area contributed by atoms with Crippen molar-refractivity contribution in [2.75, 3.05) is 6.61 Å². The van der Waals surface area contributed by atoms with E-state index in [4.69, 9.17) is 9.47 Å². The minimum absolute atomic E-state index is 0.137. The monoisotopic (exact) mass is 196 g/mol. The fraction of sp³-hybridized carbons (Fsp3) is 1.00. The molecule has 80 valence electrons. The Morgan fingerprint density at radius 1 is 1.07 bits per heavy atom. The van der Waals surface area contributed by atoms with Gasteiger partial charge in [0.15, 0.2) is 6.29 Å². The Bertz CT molecular complexity index is 208. The van der Waals surface area contributed by atoms with Crippen LogP contribution in [-0.4, -0.2) is 19.0 Å². The first-order valence-corrected chi connectivity index (χ1v) is 6.10. The third kappa shape index (κ3) is 1.49. The van der Waals surface area contributed by atoms with Crippen LogP contribution in [0.25, 0.3) is 0 Å². The van der Waals surface area contributed by atoms with Gasteiger partial charge in [-0.15, -0.1) is 0 Å². The molecule has 0 spiro atoms. The molecule has 0 aromatic heterocycles. The molecule has 0 N–H and O–H groups in total. The summed E-state index contributed by atoms with van der Waals surface area (Å²) in [5.41, 5.74) is 0. The van der Waals surface area contributed by atoms with E-state index in [0.717, 1.165) is 18.4 Å². The molecule has 2 nitrogen and oxygen atoms in total. The van der Waals surface area contributed by atoms with Gasteiger partial charge in [0, 0.05) is 5.92 Å². The number of rotatable bonds is 1. The molecule has 0 amide bonds. The van der Waals surface area contributed by atoms with Crippen molar-refractivity contribution in [3.8, 4) is 0 Å². The first kappa shape index (κ1) is 9.17. The molecule has 1 aliphatic heterocycles. The van der Waals surface area contributed by atoms with Crippen LogP contribution in [0, 0.1) is 17.8 Å². The van der Waals surface area contributed by atoms with Crippen LogP contribution in [0.1, 0.15) is 39.0 Å². The smallest absolute Gasteiger partial charge is 0.161 e. The van der Waals surface area contributed by atoms with Crippen LogP contribution in [-0.2, 0) is 9.47 Å². The number of hydrogen-bond acceptors (Lipinski definition) is 2. The summed E-state index contributed by atoms with van der Waals surface area (Å²) in [6, 6.07) is 0. The Morgan fingerprint density at radius 2 is 1.86 bits per heavy atom. The molecule has 1 heterocycles. The van der Waals surface area contributed by atoms with Gasteiger partial charge in [-0.2, -0.15) is 0 Å². The highest BCUT2D eigenvalue weighted by Gasteiger charge is 2.42. The molecule has 4 aliphatic rings. The fourth-order valence-corrected chi connectivity index (χ4v) is 3.53. The van der Waals surface area contributed by atoms with Crippen molar-refractivity contribution in [1.29, 1.82) is 0 Å². The minimum atomic E-state index is 0.137. The Balaban J connectivity index is 1.67. The van der Waals surface area contributed by atoms with Crippen molar-refractivity contribution < 1.29 is 9.47 Å². The zero-order chi connectivity index (χ0) is 9.54. The van der Waals surface area contributed by atoms with E-state index in [0.29, 0.717) is 12.0 Å². The van der Waals surface area contributed by atoms with E-state index in [2.05, 4.69) is 6.92 Å². The van der Waals surface area contributed by atoms with Gasteiger partial charge in [0.1, 0.15) is 0 Å². The van der Waals surface area contributed by atoms with E-state index in [-0.39, 0.29) is 6.29 Å². The lowest BCUT2D eigenvalue weighted by molar-refractivity contribution is -0.135. The van der Waals surface area contributed by atoms with E-state index in [9.17, 15) is 0 Å². The van der Waals surface area contributed by atoms with Crippen molar-refractivity contribution in [3.63, 3.8) is 0 Å². The Labute approximate surface area is 86.0 Å². The molecule has 3 unspecified atom stereocenters. The van der Waals surface area contributed by atoms with Crippen LogP contribution in [0.15, 0.2) is 0 Å². The fourth-order valence-electron chi connectivity index (χ4n) is 3.53. The third-order valence-electron chi connectivity index (χ3n) is 4.31. The summed E-state index contributed by atoms with van der Waals surface area (Å²) < 4.78 is 11.6. The summed E-state index contributed by atoms with van der Waals surface area (Å²) in [6.45, 7) is 2.92. The quantitative estimate of drug-likeness (QED) is 0.641. The Kier molecular flexibility index (Phi) is 2.29.